The molecule has 0 atom stereocenters. The molecule has 1 fully saturated rings. The number of halogens is 3. The van der Waals surface area contributed by atoms with Gasteiger partial charge in [-0.25, -0.2) is 4.98 Å². The van der Waals surface area contributed by atoms with Crippen LogP contribution in [0, 0.1) is 6.92 Å². The highest BCUT2D eigenvalue weighted by atomic mass is 32.1. The highest BCUT2D eigenvalue weighted by Gasteiger charge is 2.43. The molecule has 4 nitrogen and oxygen atoms in total. The summed E-state index contributed by atoms with van der Waals surface area (Å²) in [4.78, 5) is 17.2. The van der Waals surface area contributed by atoms with Crippen molar-refractivity contribution in [1.29, 1.82) is 0 Å². The number of carbonyl (C=O) groups excluding carboxylic acids is 1. The SMILES string of the molecule is Cc1csc(NC(=O)C2(c3cccc(C(F)(F)F)c3)CCOCC2)n1. The third kappa shape index (κ3) is 3.69. The molecule has 3 rings (SSSR count). The zero-order chi connectivity index (χ0) is 18.1. The summed E-state index contributed by atoms with van der Waals surface area (Å²) in [5, 5.41) is 5.01. The van der Waals surface area contributed by atoms with Crippen molar-refractivity contribution in [3.63, 3.8) is 0 Å². The lowest BCUT2D eigenvalue weighted by molar-refractivity contribution is -0.138. The summed E-state index contributed by atoms with van der Waals surface area (Å²) in [7, 11) is 0. The van der Waals surface area contributed by atoms with Gasteiger partial charge < -0.3 is 10.1 Å². The van der Waals surface area contributed by atoms with Gasteiger partial charge >= 0.3 is 6.18 Å². The van der Waals surface area contributed by atoms with Crippen LogP contribution in [0.5, 0.6) is 0 Å². The van der Waals surface area contributed by atoms with Crippen molar-refractivity contribution >= 4 is 22.4 Å². The first-order chi connectivity index (χ1) is 11.8. The maximum absolute atomic E-state index is 13.1. The molecule has 2 aromatic rings. The minimum Gasteiger partial charge on any atom is -0.381 e. The Morgan fingerprint density at radius 3 is 2.64 bits per heavy atom. The Balaban J connectivity index is 1.97. The number of nitrogens with one attached hydrogen (secondary N) is 1. The monoisotopic (exact) mass is 370 g/mol. The zero-order valence-electron chi connectivity index (χ0n) is 13.5. The number of amides is 1. The first kappa shape index (κ1) is 17.9. The first-order valence-electron chi connectivity index (χ1n) is 7.80. The number of thiazole rings is 1. The maximum Gasteiger partial charge on any atom is 0.416 e. The molecule has 1 saturated heterocycles. The van der Waals surface area contributed by atoms with E-state index in [1.165, 1.54) is 17.4 Å². The number of hydrogen-bond donors (Lipinski definition) is 1. The lowest BCUT2D eigenvalue weighted by Gasteiger charge is -2.36. The van der Waals surface area contributed by atoms with Gasteiger partial charge in [-0.15, -0.1) is 11.3 Å². The summed E-state index contributed by atoms with van der Waals surface area (Å²) < 4.78 is 44.6. The molecule has 1 aliphatic rings. The number of aryl methyl sites for hydroxylation is 1. The molecule has 0 saturated carbocycles. The van der Waals surface area contributed by atoms with Crippen LogP contribution >= 0.6 is 11.3 Å². The van der Waals surface area contributed by atoms with Crippen molar-refractivity contribution in [2.24, 2.45) is 0 Å². The van der Waals surface area contributed by atoms with E-state index in [9.17, 15) is 18.0 Å². The quantitative estimate of drug-likeness (QED) is 0.883. The van der Waals surface area contributed by atoms with Crippen molar-refractivity contribution < 1.29 is 22.7 Å². The van der Waals surface area contributed by atoms with Crippen LogP contribution in [0.3, 0.4) is 0 Å². The summed E-state index contributed by atoms with van der Waals surface area (Å²) in [6.07, 6.45) is -3.81. The Labute approximate surface area is 147 Å². The molecule has 1 aliphatic heterocycles. The lowest BCUT2D eigenvalue weighted by Crippen LogP contribution is -2.45. The number of carbonyl (C=O) groups is 1. The number of hydrogen-bond acceptors (Lipinski definition) is 4. The van der Waals surface area contributed by atoms with Gasteiger partial charge in [0.05, 0.1) is 16.7 Å². The molecule has 1 aromatic heterocycles. The van der Waals surface area contributed by atoms with E-state index in [4.69, 9.17) is 4.74 Å². The Morgan fingerprint density at radius 2 is 2.04 bits per heavy atom. The fourth-order valence-corrected chi connectivity index (χ4v) is 3.67. The molecule has 25 heavy (non-hydrogen) atoms. The summed E-state index contributed by atoms with van der Waals surface area (Å²) in [5.41, 5.74) is -0.676. The topological polar surface area (TPSA) is 51.2 Å². The number of rotatable bonds is 3. The molecular formula is C17H17F3N2O2S. The van der Waals surface area contributed by atoms with Gasteiger partial charge in [-0.1, -0.05) is 18.2 Å². The zero-order valence-corrected chi connectivity index (χ0v) is 14.3. The maximum atomic E-state index is 13.1. The number of aromatic nitrogens is 1. The van der Waals surface area contributed by atoms with Gasteiger partial charge in [-0.3, -0.25) is 4.79 Å². The summed E-state index contributed by atoms with van der Waals surface area (Å²) in [6.45, 7) is 2.45. The van der Waals surface area contributed by atoms with E-state index < -0.39 is 17.2 Å². The van der Waals surface area contributed by atoms with Gasteiger partial charge in [0.15, 0.2) is 5.13 Å². The van der Waals surface area contributed by atoms with E-state index >= 15 is 0 Å². The first-order valence-corrected chi connectivity index (χ1v) is 8.68. The molecule has 134 valence electrons. The lowest BCUT2D eigenvalue weighted by atomic mass is 9.73. The van der Waals surface area contributed by atoms with E-state index in [-0.39, 0.29) is 5.91 Å². The van der Waals surface area contributed by atoms with Crippen LogP contribution in [-0.2, 0) is 21.1 Å². The van der Waals surface area contributed by atoms with Crippen molar-refractivity contribution in [1.82, 2.24) is 4.98 Å². The smallest absolute Gasteiger partial charge is 0.381 e. The predicted molar refractivity (Wildman–Crippen MR) is 88.7 cm³/mol. The van der Waals surface area contributed by atoms with Gasteiger partial charge in [0.1, 0.15) is 0 Å². The van der Waals surface area contributed by atoms with E-state index in [0.29, 0.717) is 36.8 Å². The second kappa shape index (κ2) is 6.76. The molecule has 1 N–H and O–H groups in total. The molecule has 0 spiro atoms. The van der Waals surface area contributed by atoms with Gasteiger partial charge in [-0.05, 0) is 31.4 Å². The van der Waals surface area contributed by atoms with E-state index in [2.05, 4.69) is 10.3 Å². The van der Waals surface area contributed by atoms with Gasteiger partial charge in [0.25, 0.3) is 0 Å². The fraction of sp³-hybridized carbons (Fsp3) is 0.412. The summed E-state index contributed by atoms with van der Waals surface area (Å²) >= 11 is 1.29. The van der Waals surface area contributed by atoms with Crippen molar-refractivity contribution in [2.45, 2.75) is 31.4 Å². The molecule has 1 amide bonds. The summed E-state index contributed by atoms with van der Waals surface area (Å²) in [6, 6.07) is 5.00. The second-order valence-corrected chi connectivity index (χ2v) is 6.88. The molecule has 8 heteroatoms. The number of nitrogens with zero attached hydrogens (tertiary/aromatic N) is 1. The summed E-state index contributed by atoms with van der Waals surface area (Å²) in [5.74, 6) is -0.343. The second-order valence-electron chi connectivity index (χ2n) is 6.02. The molecule has 2 heterocycles. The Kier molecular flexibility index (Phi) is 4.83. The minimum absolute atomic E-state index is 0.320. The van der Waals surface area contributed by atoms with E-state index in [1.807, 2.05) is 6.92 Å². The average molecular weight is 370 g/mol. The third-order valence-corrected chi connectivity index (χ3v) is 5.24. The van der Waals surface area contributed by atoms with Crippen LogP contribution in [-0.4, -0.2) is 24.1 Å². The number of anilines is 1. The van der Waals surface area contributed by atoms with Crippen molar-refractivity contribution in [2.75, 3.05) is 18.5 Å². The van der Waals surface area contributed by atoms with Crippen LogP contribution in [0.25, 0.3) is 0 Å². The highest BCUT2D eigenvalue weighted by molar-refractivity contribution is 7.13. The van der Waals surface area contributed by atoms with Gasteiger partial charge in [0, 0.05) is 18.6 Å². The third-order valence-electron chi connectivity index (χ3n) is 4.36. The molecule has 1 aromatic carbocycles. The van der Waals surface area contributed by atoms with Crippen LogP contribution in [0.4, 0.5) is 18.3 Å². The van der Waals surface area contributed by atoms with Crippen molar-refractivity contribution in [3.05, 3.63) is 46.5 Å². The normalized spacial score (nSPS) is 17.3. The predicted octanol–water partition coefficient (Wildman–Crippen LogP) is 4.16. The van der Waals surface area contributed by atoms with Crippen LogP contribution < -0.4 is 5.32 Å². The van der Waals surface area contributed by atoms with E-state index in [1.54, 1.807) is 11.4 Å². The van der Waals surface area contributed by atoms with Crippen molar-refractivity contribution in [3.8, 4) is 0 Å². The molecular weight excluding hydrogens is 353 g/mol. The molecule has 0 aliphatic carbocycles. The Morgan fingerprint density at radius 1 is 1.32 bits per heavy atom. The fourth-order valence-electron chi connectivity index (χ4n) is 2.99. The number of ether oxygens (including phenoxy) is 1. The molecule has 0 radical (unpaired) electrons. The molecule has 0 bridgehead atoms. The minimum atomic E-state index is -4.45. The average Bonchev–Trinajstić information content (AvgIpc) is 2.99. The Bertz CT molecular complexity index is 767. The van der Waals surface area contributed by atoms with Gasteiger partial charge in [0.2, 0.25) is 5.91 Å². The van der Waals surface area contributed by atoms with Crippen LogP contribution in [0.15, 0.2) is 29.6 Å². The van der Waals surface area contributed by atoms with Gasteiger partial charge in [-0.2, -0.15) is 13.2 Å². The van der Waals surface area contributed by atoms with E-state index in [0.717, 1.165) is 17.8 Å². The van der Waals surface area contributed by atoms with Crippen LogP contribution in [0.2, 0.25) is 0 Å². The number of alkyl halides is 3. The largest absolute Gasteiger partial charge is 0.416 e. The standard InChI is InChI=1S/C17H17F3N2O2S/c1-11-10-25-15(21-11)22-14(23)16(5-7-24-8-6-16)12-3-2-4-13(9-12)17(18,19)20/h2-4,9-10H,5-8H2,1H3,(H,21,22,23). The molecule has 0 unspecified atom stereocenters. The highest BCUT2D eigenvalue weighted by Crippen LogP contribution is 2.39. The Hall–Kier alpha value is -1.93. The van der Waals surface area contributed by atoms with Crippen LogP contribution in [0.1, 0.15) is 29.7 Å². The number of benzene rings is 1.